The Hall–Kier alpha value is -0.570. The Balaban J connectivity index is 1.72. The fourth-order valence-electron chi connectivity index (χ4n) is 4.09. The molecule has 0 bridgehead atoms. The molecule has 2 N–H and O–H groups in total. The van der Waals surface area contributed by atoms with Gasteiger partial charge in [0, 0.05) is 12.0 Å². The molecule has 1 heterocycles. The number of rotatable bonds is 5. The lowest BCUT2D eigenvalue weighted by atomic mass is 9.74. The lowest BCUT2D eigenvalue weighted by Crippen LogP contribution is -2.47. The largest absolute Gasteiger partial charge is 0.356 e. The zero-order valence-corrected chi connectivity index (χ0v) is 14.2. The first kappa shape index (κ1) is 16.8. The van der Waals surface area contributed by atoms with E-state index in [2.05, 4.69) is 31.4 Å². The van der Waals surface area contributed by atoms with Crippen molar-refractivity contribution in [3.63, 3.8) is 0 Å². The van der Waals surface area contributed by atoms with Gasteiger partial charge in [-0.25, -0.2) is 0 Å². The van der Waals surface area contributed by atoms with E-state index in [0.717, 1.165) is 37.9 Å². The molecule has 122 valence electrons. The van der Waals surface area contributed by atoms with E-state index in [9.17, 15) is 4.79 Å². The summed E-state index contributed by atoms with van der Waals surface area (Å²) in [5, 5.41) is 6.64. The highest BCUT2D eigenvalue weighted by Crippen LogP contribution is 2.33. The molecule has 0 aromatic carbocycles. The Morgan fingerprint density at radius 1 is 1.24 bits per heavy atom. The van der Waals surface area contributed by atoms with Crippen LogP contribution in [-0.2, 0) is 4.79 Å². The van der Waals surface area contributed by atoms with Crippen LogP contribution < -0.4 is 10.6 Å². The SMILES string of the molecule is CC1CCCC(CCNC(=O)C(C)(C)C2CCCNC2)C1. The fraction of sp³-hybridized carbons (Fsp3) is 0.944. The second kappa shape index (κ2) is 7.62. The van der Waals surface area contributed by atoms with Crippen LogP contribution in [0.4, 0.5) is 0 Å². The van der Waals surface area contributed by atoms with Crippen molar-refractivity contribution in [2.24, 2.45) is 23.2 Å². The molecule has 0 aromatic rings. The van der Waals surface area contributed by atoms with E-state index in [1.54, 1.807) is 0 Å². The number of carbonyl (C=O) groups excluding carboxylic acids is 1. The van der Waals surface area contributed by atoms with E-state index in [-0.39, 0.29) is 11.3 Å². The van der Waals surface area contributed by atoms with Gasteiger partial charge in [0.15, 0.2) is 0 Å². The normalized spacial score (nSPS) is 30.9. The van der Waals surface area contributed by atoms with Gasteiger partial charge in [-0.1, -0.05) is 40.0 Å². The molecule has 1 amide bonds. The van der Waals surface area contributed by atoms with Gasteiger partial charge in [0.25, 0.3) is 0 Å². The van der Waals surface area contributed by atoms with Gasteiger partial charge >= 0.3 is 0 Å². The average Bonchev–Trinajstić information content (AvgIpc) is 2.48. The molecule has 1 aliphatic carbocycles. The van der Waals surface area contributed by atoms with Crippen LogP contribution in [0.25, 0.3) is 0 Å². The second-order valence-electron chi connectivity index (χ2n) is 7.95. The van der Waals surface area contributed by atoms with Gasteiger partial charge < -0.3 is 10.6 Å². The first-order valence-electron chi connectivity index (χ1n) is 8.99. The van der Waals surface area contributed by atoms with Crippen molar-refractivity contribution in [2.45, 2.75) is 65.7 Å². The number of amides is 1. The summed E-state index contributed by atoms with van der Waals surface area (Å²) in [7, 11) is 0. The van der Waals surface area contributed by atoms with Crippen LogP contribution >= 0.6 is 0 Å². The summed E-state index contributed by atoms with van der Waals surface area (Å²) in [4.78, 5) is 12.5. The predicted molar refractivity (Wildman–Crippen MR) is 88.1 cm³/mol. The van der Waals surface area contributed by atoms with Crippen molar-refractivity contribution in [1.82, 2.24) is 10.6 Å². The smallest absolute Gasteiger partial charge is 0.225 e. The molecule has 2 rings (SSSR count). The molecule has 1 saturated heterocycles. The molecule has 2 aliphatic rings. The van der Waals surface area contributed by atoms with Gasteiger partial charge in [0.05, 0.1) is 0 Å². The summed E-state index contributed by atoms with van der Waals surface area (Å²) >= 11 is 0. The Morgan fingerprint density at radius 2 is 2.05 bits per heavy atom. The molecule has 3 heteroatoms. The van der Waals surface area contributed by atoms with E-state index >= 15 is 0 Å². The summed E-state index contributed by atoms with van der Waals surface area (Å²) in [5.41, 5.74) is -0.243. The summed E-state index contributed by atoms with van der Waals surface area (Å²) in [6.07, 6.45) is 9.01. The monoisotopic (exact) mass is 294 g/mol. The van der Waals surface area contributed by atoms with E-state index in [1.807, 2.05) is 0 Å². The van der Waals surface area contributed by atoms with E-state index < -0.39 is 0 Å². The predicted octanol–water partition coefficient (Wildman–Crippen LogP) is 3.34. The highest BCUT2D eigenvalue weighted by molar-refractivity contribution is 5.82. The molecule has 21 heavy (non-hydrogen) atoms. The number of nitrogens with one attached hydrogen (secondary N) is 2. The first-order valence-corrected chi connectivity index (χ1v) is 8.99. The molecule has 3 nitrogen and oxygen atoms in total. The molecule has 0 spiro atoms. The minimum absolute atomic E-state index is 0.243. The van der Waals surface area contributed by atoms with Crippen LogP contribution in [0.1, 0.15) is 65.7 Å². The van der Waals surface area contributed by atoms with Crippen molar-refractivity contribution in [3.05, 3.63) is 0 Å². The maximum absolute atomic E-state index is 12.5. The fourth-order valence-corrected chi connectivity index (χ4v) is 4.09. The number of hydrogen-bond donors (Lipinski definition) is 2. The van der Waals surface area contributed by atoms with Crippen molar-refractivity contribution in [1.29, 1.82) is 0 Å². The van der Waals surface area contributed by atoms with Crippen LogP contribution in [-0.4, -0.2) is 25.5 Å². The Kier molecular flexibility index (Phi) is 6.09. The van der Waals surface area contributed by atoms with Gasteiger partial charge in [0.2, 0.25) is 5.91 Å². The lowest BCUT2D eigenvalue weighted by molar-refractivity contribution is -0.132. The molecule has 3 unspecified atom stereocenters. The van der Waals surface area contributed by atoms with Gasteiger partial charge in [-0.15, -0.1) is 0 Å². The van der Waals surface area contributed by atoms with Crippen molar-refractivity contribution in [2.75, 3.05) is 19.6 Å². The van der Waals surface area contributed by atoms with Crippen molar-refractivity contribution in [3.8, 4) is 0 Å². The Bertz CT molecular complexity index is 334. The highest BCUT2D eigenvalue weighted by Gasteiger charge is 2.37. The van der Waals surface area contributed by atoms with E-state index in [4.69, 9.17) is 0 Å². The van der Waals surface area contributed by atoms with Crippen LogP contribution in [0.3, 0.4) is 0 Å². The zero-order valence-electron chi connectivity index (χ0n) is 14.2. The Labute approximate surface area is 130 Å². The maximum Gasteiger partial charge on any atom is 0.225 e. The summed E-state index contributed by atoms with van der Waals surface area (Å²) in [5.74, 6) is 2.43. The van der Waals surface area contributed by atoms with Gasteiger partial charge in [-0.05, 0) is 56.5 Å². The first-order chi connectivity index (χ1) is 10.00. The standard InChI is InChI=1S/C18H34N2O/c1-14-6-4-7-15(12-14)9-11-20-17(21)18(2,3)16-8-5-10-19-13-16/h14-16,19H,4-13H2,1-3H3,(H,20,21). The third-order valence-electron chi connectivity index (χ3n) is 5.79. The summed E-state index contributed by atoms with van der Waals surface area (Å²) in [6.45, 7) is 9.55. The Morgan fingerprint density at radius 3 is 2.71 bits per heavy atom. The van der Waals surface area contributed by atoms with E-state index in [1.165, 1.54) is 38.5 Å². The van der Waals surface area contributed by atoms with Gasteiger partial charge in [0.1, 0.15) is 0 Å². The molecule has 0 aromatic heterocycles. The highest BCUT2D eigenvalue weighted by atomic mass is 16.2. The number of hydrogen-bond acceptors (Lipinski definition) is 2. The van der Waals surface area contributed by atoms with Crippen LogP contribution in [0.15, 0.2) is 0 Å². The van der Waals surface area contributed by atoms with Crippen LogP contribution in [0, 0.1) is 23.2 Å². The summed E-state index contributed by atoms with van der Waals surface area (Å²) in [6, 6.07) is 0. The van der Waals surface area contributed by atoms with Gasteiger partial charge in [-0.3, -0.25) is 4.79 Å². The third-order valence-corrected chi connectivity index (χ3v) is 5.79. The van der Waals surface area contributed by atoms with Crippen molar-refractivity contribution >= 4 is 5.91 Å². The molecule has 1 saturated carbocycles. The topological polar surface area (TPSA) is 41.1 Å². The third kappa shape index (κ3) is 4.70. The molecular weight excluding hydrogens is 260 g/mol. The maximum atomic E-state index is 12.5. The lowest BCUT2D eigenvalue weighted by Gasteiger charge is -2.36. The molecular formula is C18H34N2O. The second-order valence-corrected chi connectivity index (χ2v) is 7.95. The molecule has 1 aliphatic heterocycles. The average molecular weight is 294 g/mol. The minimum atomic E-state index is -0.243. The van der Waals surface area contributed by atoms with E-state index in [0.29, 0.717) is 5.92 Å². The molecule has 0 radical (unpaired) electrons. The summed E-state index contributed by atoms with van der Waals surface area (Å²) < 4.78 is 0. The number of piperidine rings is 1. The number of carbonyl (C=O) groups is 1. The zero-order chi connectivity index (χ0) is 15.3. The van der Waals surface area contributed by atoms with Crippen molar-refractivity contribution < 1.29 is 4.79 Å². The molecule has 3 atom stereocenters. The van der Waals surface area contributed by atoms with Crippen LogP contribution in [0.5, 0.6) is 0 Å². The quantitative estimate of drug-likeness (QED) is 0.816. The van der Waals surface area contributed by atoms with Crippen LogP contribution in [0.2, 0.25) is 0 Å². The minimum Gasteiger partial charge on any atom is -0.356 e. The van der Waals surface area contributed by atoms with Gasteiger partial charge in [-0.2, -0.15) is 0 Å². The molecule has 2 fully saturated rings.